The van der Waals surface area contributed by atoms with Gasteiger partial charge in [-0.25, -0.2) is 18.4 Å². The second-order valence-corrected chi connectivity index (χ2v) is 9.14. The lowest BCUT2D eigenvalue weighted by atomic mass is 10.1. The average molecular weight is 483 g/mol. The lowest BCUT2D eigenvalue weighted by Crippen LogP contribution is -2.30. The number of benzene rings is 3. The highest BCUT2D eigenvalue weighted by atomic mass is 32.2. The molecule has 0 fully saturated rings. The molecule has 3 rings (SSSR count). The number of amides is 1. The Morgan fingerprint density at radius 2 is 1.62 bits per heavy atom. The minimum absolute atomic E-state index is 0.0235. The van der Waals surface area contributed by atoms with Gasteiger partial charge in [-0.2, -0.15) is 0 Å². The van der Waals surface area contributed by atoms with Gasteiger partial charge in [-0.3, -0.25) is 4.79 Å². The molecule has 0 aliphatic heterocycles. The number of para-hydroxylation sites is 1. The maximum Gasteiger partial charge on any atom is 0.342 e. The fraction of sp³-hybridized carbons (Fsp3) is 0.200. The van der Waals surface area contributed by atoms with Crippen molar-refractivity contribution in [2.24, 2.45) is 5.14 Å². The number of carbonyl (C=O) groups is 2. The van der Waals surface area contributed by atoms with Crippen LogP contribution in [0.25, 0.3) is 0 Å². The first-order valence-electron chi connectivity index (χ1n) is 10.6. The van der Waals surface area contributed by atoms with Gasteiger partial charge in [0.2, 0.25) is 10.0 Å². The second-order valence-electron chi connectivity index (χ2n) is 7.58. The number of primary sulfonamides is 1. The minimum atomic E-state index is -3.74. The number of esters is 1. The Morgan fingerprint density at radius 1 is 0.941 bits per heavy atom. The van der Waals surface area contributed by atoms with Crippen molar-refractivity contribution in [1.29, 1.82) is 0 Å². The van der Waals surface area contributed by atoms with E-state index in [4.69, 9.17) is 14.6 Å². The number of nitrogens with one attached hydrogen (secondary N) is 1. The molecule has 178 valence electrons. The molecule has 0 aromatic heterocycles. The quantitative estimate of drug-likeness (QED) is 0.428. The number of nitrogens with two attached hydrogens (primary N) is 1. The standard InChI is InChI=1S/C25H26N2O6S/c1-18-6-2-3-7-20(18)16-32-23-9-5-4-8-22(23)25(29)33-17-24(28)27-15-14-19-10-12-21(13-11-19)34(26,30)31/h2-13H,14-17H2,1H3,(H,27,28)(H2,26,30,31). The van der Waals surface area contributed by atoms with Crippen molar-refractivity contribution in [3.8, 4) is 5.75 Å². The third-order valence-electron chi connectivity index (χ3n) is 5.07. The van der Waals surface area contributed by atoms with E-state index < -0.39 is 28.5 Å². The van der Waals surface area contributed by atoms with Crippen molar-refractivity contribution in [2.45, 2.75) is 24.8 Å². The zero-order valence-electron chi connectivity index (χ0n) is 18.7. The van der Waals surface area contributed by atoms with Gasteiger partial charge in [0.05, 0.1) is 4.90 Å². The lowest BCUT2D eigenvalue weighted by Gasteiger charge is -2.12. The summed E-state index contributed by atoms with van der Waals surface area (Å²) in [6, 6.07) is 20.6. The molecule has 3 aromatic carbocycles. The zero-order valence-corrected chi connectivity index (χ0v) is 19.5. The lowest BCUT2D eigenvalue weighted by molar-refractivity contribution is -0.124. The van der Waals surface area contributed by atoms with Gasteiger partial charge in [-0.15, -0.1) is 0 Å². The van der Waals surface area contributed by atoms with Crippen molar-refractivity contribution in [2.75, 3.05) is 13.2 Å². The summed E-state index contributed by atoms with van der Waals surface area (Å²) < 4.78 is 33.5. The molecule has 0 atom stereocenters. The van der Waals surface area contributed by atoms with Gasteiger partial charge in [0, 0.05) is 6.54 Å². The molecule has 1 amide bonds. The highest BCUT2D eigenvalue weighted by molar-refractivity contribution is 7.89. The zero-order chi connectivity index (χ0) is 24.6. The van der Waals surface area contributed by atoms with Gasteiger partial charge in [0.1, 0.15) is 17.9 Å². The first kappa shape index (κ1) is 24.9. The van der Waals surface area contributed by atoms with Crippen molar-refractivity contribution in [3.63, 3.8) is 0 Å². The van der Waals surface area contributed by atoms with Crippen molar-refractivity contribution < 1.29 is 27.5 Å². The first-order valence-corrected chi connectivity index (χ1v) is 12.1. The van der Waals surface area contributed by atoms with Crippen LogP contribution < -0.4 is 15.2 Å². The van der Waals surface area contributed by atoms with E-state index in [9.17, 15) is 18.0 Å². The number of aryl methyl sites for hydroxylation is 1. The third-order valence-corrected chi connectivity index (χ3v) is 6.00. The topological polar surface area (TPSA) is 125 Å². The Labute approximate surface area is 198 Å². The Hall–Kier alpha value is -3.69. The normalized spacial score (nSPS) is 11.0. The van der Waals surface area contributed by atoms with Crippen LogP contribution in [0, 0.1) is 6.92 Å². The van der Waals surface area contributed by atoms with E-state index in [-0.39, 0.29) is 10.5 Å². The monoisotopic (exact) mass is 482 g/mol. The Bertz CT molecular complexity index is 1260. The number of sulfonamides is 1. The average Bonchev–Trinajstić information content (AvgIpc) is 2.82. The minimum Gasteiger partial charge on any atom is -0.488 e. The molecule has 0 heterocycles. The van der Waals surface area contributed by atoms with Crippen LogP contribution in [-0.2, 0) is 32.6 Å². The second kappa shape index (κ2) is 11.4. The Morgan fingerprint density at radius 3 is 2.32 bits per heavy atom. The summed E-state index contributed by atoms with van der Waals surface area (Å²) >= 11 is 0. The molecular formula is C25H26N2O6S. The highest BCUT2D eigenvalue weighted by Gasteiger charge is 2.15. The number of ether oxygens (including phenoxy) is 2. The van der Waals surface area contributed by atoms with Gasteiger partial charge in [-0.05, 0) is 54.3 Å². The molecule has 0 radical (unpaired) electrons. The molecular weight excluding hydrogens is 456 g/mol. The summed E-state index contributed by atoms with van der Waals surface area (Å²) in [7, 11) is -3.74. The first-order chi connectivity index (χ1) is 16.2. The molecule has 9 heteroatoms. The predicted octanol–water partition coefficient (Wildman–Crippen LogP) is 2.74. The van der Waals surface area contributed by atoms with Crippen LogP contribution in [0.3, 0.4) is 0 Å². The van der Waals surface area contributed by atoms with E-state index >= 15 is 0 Å². The SMILES string of the molecule is Cc1ccccc1COc1ccccc1C(=O)OCC(=O)NCCc1ccc(S(N)(=O)=O)cc1. The van der Waals surface area contributed by atoms with Crippen LogP contribution in [0.4, 0.5) is 0 Å². The number of rotatable bonds is 10. The van der Waals surface area contributed by atoms with Crippen LogP contribution in [0.5, 0.6) is 5.75 Å². The van der Waals surface area contributed by atoms with E-state index in [0.29, 0.717) is 25.3 Å². The fourth-order valence-corrected chi connectivity index (χ4v) is 3.66. The molecule has 0 spiro atoms. The summed E-state index contributed by atoms with van der Waals surface area (Å²) in [5.41, 5.74) is 3.15. The molecule has 3 aromatic rings. The van der Waals surface area contributed by atoms with E-state index in [1.807, 2.05) is 31.2 Å². The van der Waals surface area contributed by atoms with Gasteiger partial charge < -0.3 is 14.8 Å². The molecule has 0 unspecified atom stereocenters. The van der Waals surface area contributed by atoms with Gasteiger partial charge in [0.15, 0.2) is 6.61 Å². The highest BCUT2D eigenvalue weighted by Crippen LogP contribution is 2.21. The number of carbonyl (C=O) groups excluding carboxylic acids is 2. The maximum absolute atomic E-state index is 12.5. The molecule has 0 aliphatic carbocycles. The molecule has 8 nitrogen and oxygen atoms in total. The molecule has 0 aliphatic rings. The number of hydrogen-bond donors (Lipinski definition) is 2. The van der Waals surface area contributed by atoms with Crippen molar-refractivity contribution >= 4 is 21.9 Å². The van der Waals surface area contributed by atoms with Crippen LogP contribution in [-0.4, -0.2) is 33.4 Å². The Balaban J connectivity index is 1.47. The largest absolute Gasteiger partial charge is 0.488 e. The van der Waals surface area contributed by atoms with E-state index in [1.165, 1.54) is 12.1 Å². The smallest absolute Gasteiger partial charge is 0.342 e. The van der Waals surface area contributed by atoms with E-state index in [0.717, 1.165) is 16.7 Å². The van der Waals surface area contributed by atoms with Crippen LogP contribution >= 0.6 is 0 Å². The molecule has 0 bridgehead atoms. The molecule has 34 heavy (non-hydrogen) atoms. The summed E-state index contributed by atoms with van der Waals surface area (Å²) in [5.74, 6) is -0.735. The van der Waals surface area contributed by atoms with E-state index in [1.54, 1.807) is 36.4 Å². The van der Waals surface area contributed by atoms with Crippen LogP contribution in [0.2, 0.25) is 0 Å². The van der Waals surface area contributed by atoms with Crippen LogP contribution in [0.15, 0.2) is 77.7 Å². The van der Waals surface area contributed by atoms with Gasteiger partial charge in [-0.1, -0.05) is 48.5 Å². The van der Waals surface area contributed by atoms with Gasteiger partial charge >= 0.3 is 5.97 Å². The van der Waals surface area contributed by atoms with E-state index in [2.05, 4.69) is 5.32 Å². The Kier molecular flexibility index (Phi) is 8.39. The predicted molar refractivity (Wildman–Crippen MR) is 127 cm³/mol. The summed E-state index contributed by atoms with van der Waals surface area (Å²) in [6.45, 7) is 2.14. The van der Waals surface area contributed by atoms with Crippen LogP contribution in [0.1, 0.15) is 27.0 Å². The fourth-order valence-electron chi connectivity index (χ4n) is 3.14. The van der Waals surface area contributed by atoms with Gasteiger partial charge in [0.25, 0.3) is 5.91 Å². The number of hydrogen-bond acceptors (Lipinski definition) is 6. The summed E-state index contributed by atoms with van der Waals surface area (Å²) in [5, 5.41) is 7.73. The molecule has 0 saturated heterocycles. The van der Waals surface area contributed by atoms with Crippen molar-refractivity contribution in [3.05, 3.63) is 95.1 Å². The summed E-state index contributed by atoms with van der Waals surface area (Å²) in [6.07, 6.45) is 0.472. The third kappa shape index (κ3) is 7.16. The van der Waals surface area contributed by atoms with Crippen molar-refractivity contribution in [1.82, 2.24) is 5.32 Å². The molecule has 0 saturated carbocycles. The summed E-state index contributed by atoms with van der Waals surface area (Å²) in [4.78, 5) is 24.6. The molecule has 3 N–H and O–H groups in total. The maximum atomic E-state index is 12.5.